The van der Waals surface area contributed by atoms with Gasteiger partial charge in [-0.1, -0.05) is 30.3 Å². The van der Waals surface area contributed by atoms with Gasteiger partial charge in [-0.15, -0.1) is 0 Å². The molecule has 1 rings (SSSR count). The summed E-state index contributed by atoms with van der Waals surface area (Å²) in [4.78, 5) is 12.0. The summed E-state index contributed by atoms with van der Waals surface area (Å²) in [5.74, 6) is 0. The first kappa shape index (κ1) is 22.5. The monoisotopic (exact) mass is 365 g/mol. The minimum Gasteiger partial charge on any atom is -0.444 e. The third kappa shape index (κ3) is 7.75. The second-order valence-electron chi connectivity index (χ2n) is 7.67. The molecule has 0 saturated carbocycles. The van der Waals surface area contributed by atoms with E-state index in [-0.39, 0.29) is 6.10 Å². The molecular formula is C21H37N2O3+. The summed E-state index contributed by atoms with van der Waals surface area (Å²) in [6, 6.07) is 10.0. The number of benzene rings is 1. The minimum atomic E-state index is -0.506. The van der Waals surface area contributed by atoms with Crippen LogP contribution < -0.4 is 5.32 Å². The van der Waals surface area contributed by atoms with Crippen molar-refractivity contribution in [1.82, 2.24) is 5.32 Å². The van der Waals surface area contributed by atoms with Gasteiger partial charge in [-0.3, -0.25) is 0 Å². The molecular weight excluding hydrogens is 328 g/mol. The van der Waals surface area contributed by atoms with Crippen molar-refractivity contribution in [2.75, 3.05) is 39.3 Å². The van der Waals surface area contributed by atoms with Crippen molar-refractivity contribution < 1.29 is 18.8 Å². The van der Waals surface area contributed by atoms with E-state index < -0.39 is 11.7 Å². The number of hydrogen-bond donors (Lipinski definition) is 1. The van der Waals surface area contributed by atoms with Crippen LogP contribution in [0.25, 0.3) is 0 Å². The lowest BCUT2D eigenvalue weighted by Gasteiger charge is -2.36. The Morgan fingerprint density at radius 2 is 1.65 bits per heavy atom. The van der Waals surface area contributed by atoms with E-state index in [1.807, 2.05) is 51.1 Å². The molecule has 0 fully saturated rings. The molecule has 1 N–H and O–H groups in total. The van der Waals surface area contributed by atoms with Crippen molar-refractivity contribution in [2.45, 2.75) is 53.2 Å². The number of rotatable bonds is 10. The molecule has 0 aliphatic rings. The van der Waals surface area contributed by atoms with Gasteiger partial charge in [0, 0.05) is 0 Å². The predicted octanol–water partition coefficient (Wildman–Crippen LogP) is 4.15. The molecule has 1 aromatic rings. The van der Waals surface area contributed by atoms with Crippen molar-refractivity contribution in [3.63, 3.8) is 0 Å². The largest absolute Gasteiger partial charge is 0.444 e. The quantitative estimate of drug-likeness (QED) is 0.634. The molecule has 1 amide bonds. The Hall–Kier alpha value is -1.59. The standard InChI is InChI=1S/C21H36N2O3/c1-7-23(8-2,9-3)15-16-25-19(18-13-11-10-12-14-18)17-22-20(24)26-21(4,5)6/h10-14,19H,7-9,15-17H2,1-6H3/p+1. The van der Waals surface area contributed by atoms with Crippen molar-refractivity contribution in [3.8, 4) is 0 Å². The Bertz CT molecular complexity index is 514. The highest BCUT2D eigenvalue weighted by Gasteiger charge is 2.22. The first-order valence-electron chi connectivity index (χ1n) is 9.73. The number of carbonyl (C=O) groups is 1. The predicted molar refractivity (Wildman–Crippen MR) is 106 cm³/mol. The summed E-state index contributed by atoms with van der Waals surface area (Å²) in [6.45, 7) is 17.6. The molecule has 0 aliphatic carbocycles. The SMILES string of the molecule is CC[N+](CC)(CC)CCOC(CNC(=O)OC(C)(C)C)c1ccccc1. The van der Waals surface area contributed by atoms with E-state index in [0.29, 0.717) is 13.2 Å². The van der Waals surface area contributed by atoms with E-state index in [0.717, 1.165) is 36.2 Å². The zero-order valence-electron chi connectivity index (χ0n) is 17.4. The maximum atomic E-state index is 12.0. The first-order chi connectivity index (χ1) is 12.2. The Balaban J connectivity index is 2.67. The van der Waals surface area contributed by atoms with E-state index in [1.165, 1.54) is 0 Å². The lowest BCUT2D eigenvalue weighted by molar-refractivity contribution is -0.923. The molecule has 5 heteroatoms. The highest BCUT2D eigenvalue weighted by Crippen LogP contribution is 2.17. The van der Waals surface area contributed by atoms with Crippen LogP contribution in [-0.2, 0) is 9.47 Å². The topological polar surface area (TPSA) is 47.6 Å². The van der Waals surface area contributed by atoms with Crippen molar-refractivity contribution in [2.24, 2.45) is 0 Å². The average molecular weight is 366 g/mol. The van der Waals surface area contributed by atoms with Crippen LogP contribution in [0.15, 0.2) is 30.3 Å². The maximum Gasteiger partial charge on any atom is 0.407 e. The number of likely N-dealkylation sites (N-methyl/N-ethyl adjacent to an activating group) is 1. The van der Waals surface area contributed by atoms with Gasteiger partial charge in [0.2, 0.25) is 0 Å². The maximum absolute atomic E-state index is 12.0. The summed E-state index contributed by atoms with van der Waals surface area (Å²) in [7, 11) is 0. The average Bonchev–Trinajstić information content (AvgIpc) is 2.61. The number of amides is 1. The van der Waals surface area contributed by atoms with Crippen LogP contribution in [0.4, 0.5) is 4.79 Å². The van der Waals surface area contributed by atoms with Gasteiger partial charge in [0.05, 0.1) is 32.8 Å². The van der Waals surface area contributed by atoms with E-state index in [2.05, 4.69) is 26.1 Å². The number of nitrogens with zero attached hydrogens (tertiary/aromatic N) is 1. The molecule has 0 heterocycles. The lowest BCUT2D eigenvalue weighted by Crippen LogP contribution is -2.49. The van der Waals surface area contributed by atoms with Crippen molar-refractivity contribution in [3.05, 3.63) is 35.9 Å². The van der Waals surface area contributed by atoms with Crippen molar-refractivity contribution in [1.29, 1.82) is 0 Å². The number of quaternary nitrogens is 1. The number of ether oxygens (including phenoxy) is 2. The van der Waals surface area contributed by atoms with Gasteiger partial charge in [0.15, 0.2) is 0 Å². The van der Waals surface area contributed by atoms with E-state index in [1.54, 1.807) is 0 Å². The fourth-order valence-corrected chi connectivity index (χ4v) is 2.96. The zero-order chi connectivity index (χ0) is 19.6. The van der Waals surface area contributed by atoms with Crippen LogP contribution in [0.2, 0.25) is 0 Å². The summed E-state index contributed by atoms with van der Waals surface area (Å²) in [5.41, 5.74) is 0.555. The third-order valence-corrected chi connectivity index (χ3v) is 4.90. The van der Waals surface area contributed by atoms with Crippen LogP contribution in [0.3, 0.4) is 0 Å². The molecule has 1 aromatic carbocycles. The van der Waals surface area contributed by atoms with Crippen LogP contribution in [0.5, 0.6) is 0 Å². The highest BCUT2D eigenvalue weighted by atomic mass is 16.6. The fourth-order valence-electron chi connectivity index (χ4n) is 2.96. The molecule has 148 valence electrons. The van der Waals surface area contributed by atoms with Gasteiger partial charge in [-0.25, -0.2) is 4.79 Å². The second kappa shape index (κ2) is 10.5. The summed E-state index contributed by atoms with van der Waals surface area (Å²) >= 11 is 0. The number of alkyl carbamates (subject to hydrolysis) is 1. The third-order valence-electron chi connectivity index (χ3n) is 4.90. The van der Waals surface area contributed by atoms with Gasteiger partial charge in [-0.05, 0) is 47.1 Å². The Labute approximate surface area is 159 Å². The summed E-state index contributed by atoms with van der Waals surface area (Å²) in [5, 5.41) is 2.84. The molecule has 1 atom stereocenters. The first-order valence-corrected chi connectivity index (χ1v) is 9.73. The molecule has 0 aliphatic heterocycles. The molecule has 0 bridgehead atoms. The number of nitrogens with one attached hydrogen (secondary N) is 1. The van der Waals surface area contributed by atoms with Gasteiger partial charge in [-0.2, -0.15) is 0 Å². The minimum absolute atomic E-state index is 0.184. The van der Waals surface area contributed by atoms with Crippen LogP contribution in [-0.4, -0.2) is 55.5 Å². The van der Waals surface area contributed by atoms with Gasteiger partial charge >= 0.3 is 6.09 Å². The second-order valence-corrected chi connectivity index (χ2v) is 7.67. The molecule has 0 aromatic heterocycles. The van der Waals surface area contributed by atoms with Gasteiger partial charge in [0.1, 0.15) is 18.2 Å². The number of hydrogen-bond acceptors (Lipinski definition) is 3. The van der Waals surface area contributed by atoms with E-state index in [9.17, 15) is 4.79 Å². The molecule has 0 radical (unpaired) electrons. The lowest BCUT2D eigenvalue weighted by atomic mass is 10.1. The van der Waals surface area contributed by atoms with Gasteiger partial charge in [0.25, 0.3) is 0 Å². The number of carbonyl (C=O) groups excluding carboxylic acids is 1. The molecule has 5 nitrogen and oxygen atoms in total. The van der Waals surface area contributed by atoms with Crippen LogP contribution >= 0.6 is 0 Å². The van der Waals surface area contributed by atoms with Crippen LogP contribution in [0, 0.1) is 0 Å². The van der Waals surface area contributed by atoms with Crippen LogP contribution in [0.1, 0.15) is 53.2 Å². The fraction of sp³-hybridized carbons (Fsp3) is 0.667. The highest BCUT2D eigenvalue weighted by molar-refractivity contribution is 5.67. The van der Waals surface area contributed by atoms with E-state index in [4.69, 9.17) is 9.47 Å². The Kier molecular flexibility index (Phi) is 9.09. The molecule has 26 heavy (non-hydrogen) atoms. The molecule has 0 spiro atoms. The summed E-state index contributed by atoms with van der Waals surface area (Å²) in [6.07, 6.45) is -0.598. The van der Waals surface area contributed by atoms with Crippen molar-refractivity contribution >= 4 is 6.09 Å². The zero-order valence-corrected chi connectivity index (χ0v) is 17.4. The summed E-state index contributed by atoms with van der Waals surface area (Å²) < 4.78 is 12.6. The molecule has 1 unspecified atom stereocenters. The Morgan fingerprint density at radius 3 is 2.15 bits per heavy atom. The van der Waals surface area contributed by atoms with E-state index >= 15 is 0 Å². The normalized spacial score (nSPS) is 13.3. The van der Waals surface area contributed by atoms with Gasteiger partial charge < -0.3 is 19.3 Å². The Morgan fingerprint density at radius 1 is 1.08 bits per heavy atom. The smallest absolute Gasteiger partial charge is 0.407 e. The molecule has 0 saturated heterocycles.